The van der Waals surface area contributed by atoms with Crippen molar-refractivity contribution in [2.75, 3.05) is 22.9 Å². The molecule has 176 valence electrons. The van der Waals surface area contributed by atoms with E-state index in [2.05, 4.69) is 4.98 Å². The molecule has 33 heavy (non-hydrogen) atoms. The third-order valence-electron chi connectivity index (χ3n) is 6.92. The molecule has 0 radical (unpaired) electrons. The van der Waals surface area contributed by atoms with E-state index in [1.54, 1.807) is 36.5 Å². The van der Waals surface area contributed by atoms with Gasteiger partial charge >= 0.3 is 5.97 Å². The number of hydrogen-bond donors (Lipinski definition) is 1. The predicted molar refractivity (Wildman–Crippen MR) is 122 cm³/mol. The number of carboxylic acids is 1. The number of carbonyl (C=O) groups excluding carboxylic acids is 1. The number of piperidine rings is 1. The molecule has 0 bridgehead atoms. The molecule has 1 atom stereocenters. The number of aliphatic carboxylic acids is 1. The zero-order valence-electron chi connectivity index (χ0n) is 18.5. The number of anilines is 2. The molecule has 2 aromatic rings. The van der Waals surface area contributed by atoms with Crippen molar-refractivity contribution in [2.24, 2.45) is 5.41 Å². The lowest BCUT2D eigenvalue weighted by atomic mass is 9.75. The highest BCUT2D eigenvalue weighted by molar-refractivity contribution is 5.97. The molecular formula is C25H29F2N3O3. The summed E-state index contributed by atoms with van der Waals surface area (Å²) in [6.45, 7) is 0.923. The monoisotopic (exact) mass is 457 g/mol. The van der Waals surface area contributed by atoms with Gasteiger partial charge in [-0.25, -0.2) is 13.8 Å². The first kappa shape index (κ1) is 23.1. The van der Waals surface area contributed by atoms with Crippen LogP contribution in [0.1, 0.15) is 44.9 Å². The van der Waals surface area contributed by atoms with Gasteiger partial charge in [-0.05, 0) is 49.9 Å². The summed E-state index contributed by atoms with van der Waals surface area (Å²) < 4.78 is 28.4. The lowest BCUT2D eigenvalue weighted by Crippen LogP contribution is -2.51. The molecule has 4 rings (SSSR count). The summed E-state index contributed by atoms with van der Waals surface area (Å²) in [5, 5.41) is 10.1. The maximum Gasteiger partial charge on any atom is 0.310 e. The summed E-state index contributed by atoms with van der Waals surface area (Å²) in [5.74, 6) is -3.47. The van der Waals surface area contributed by atoms with Gasteiger partial charge < -0.3 is 14.9 Å². The van der Waals surface area contributed by atoms with Crippen LogP contribution in [0.15, 0.2) is 54.7 Å². The van der Waals surface area contributed by atoms with E-state index < -0.39 is 35.7 Å². The average molecular weight is 458 g/mol. The van der Waals surface area contributed by atoms with E-state index in [-0.39, 0.29) is 25.7 Å². The Kier molecular flexibility index (Phi) is 6.63. The normalized spacial score (nSPS) is 21.9. The third-order valence-corrected chi connectivity index (χ3v) is 6.92. The van der Waals surface area contributed by atoms with E-state index in [9.17, 15) is 23.5 Å². The summed E-state index contributed by atoms with van der Waals surface area (Å²) in [6, 6.07) is 13.7. The molecular weight excluding hydrogens is 428 g/mol. The number of alkyl halides is 2. The summed E-state index contributed by atoms with van der Waals surface area (Å²) >= 11 is 0. The van der Waals surface area contributed by atoms with Crippen molar-refractivity contribution >= 4 is 23.4 Å². The molecule has 1 aromatic carbocycles. The topological polar surface area (TPSA) is 73.7 Å². The standard InChI is InChI=1S/C25H29F2N3O3/c26-25(27)11-6-9-20(17-25)30(19-7-2-1-3-8-19)22(31)18-24(23(32)33)12-15-29(16-13-24)21-10-4-5-14-28-21/h1-5,7-8,10,14,20H,6,9,11-13,15-18H2,(H,32,33)/t20-/m0/s1. The van der Waals surface area contributed by atoms with Crippen LogP contribution < -0.4 is 9.80 Å². The lowest BCUT2D eigenvalue weighted by Gasteiger charge is -2.42. The van der Waals surface area contributed by atoms with Crippen molar-refractivity contribution in [3.05, 3.63) is 54.7 Å². The molecule has 8 heteroatoms. The first-order valence-electron chi connectivity index (χ1n) is 11.4. The second kappa shape index (κ2) is 9.45. The van der Waals surface area contributed by atoms with Crippen LogP contribution in [-0.2, 0) is 9.59 Å². The van der Waals surface area contributed by atoms with Crippen LogP contribution >= 0.6 is 0 Å². The molecule has 1 saturated carbocycles. The van der Waals surface area contributed by atoms with Gasteiger partial charge in [-0.1, -0.05) is 24.3 Å². The summed E-state index contributed by atoms with van der Waals surface area (Å²) in [5.41, 5.74) is -0.691. The number of rotatable bonds is 6. The van der Waals surface area contributed by atoms with Crippen LogP contribution in [0.4, 0.5) is 20.3 Å². The molecule has 1 N–H and O–H groups in total. The number of benzene rings is 1. The molecule has 1 aliphatic heterocycles. The fourth-order valence-electron chi connectivity index (χ4n) is 5.06. The molecule has 2 heterocycles. The highest BCUT2D eigenvalue weighted by Crippen LogP contribution is 2.41. The van der Waals surface area contributed by atoms with Gasteiger partial charge in [0.1, 0.15) is 5.82 Å². The zero-order chi connectivity index (χ0) is 23.5. The number of halogens is 2. The number of pyridine rings is 1. The highest BCUT2D eigenvalue weighted by atomic mass is 19.3. The molecule has 1 aromatic heterocycles. The van der Waals surface area contributed by atoms with Crippen molar-refractivity contribution in [3.63, 3.8) is 0 Å². The Morgan fingerprint density at radius 1 is 1.06 bits per heavy atom. The van der Waals surface area contributed by atoms with Crippen LogP contribution in [0.5, 0.6) is 0 Å². The molecule has 1 amide bonds. The highest BCUT2D eigenvalue weighted by Gasteiger charge is 2.46. The Balaban J connectivity index is 1.55. The van der Waals surface area contributed by atoms with E-state index in [0.717, 1.165) is 5.82 Å². The quantitative estimate of drug-likeness (QED) is 0.678. The second-order valence-electron chi connectivity index (χ2n) is 9.14. The van der Waals surface area contributed by atoms with E-state index in [0.29, 0.717) is 31.6 Å². The maximum absolute atomic E-state index is 14.2. The Morgan fingerprint density at radius 2 is 1.76 bits per heavy atom. The molecule has 1 saturated heterocycles. The smallest absolute Gasteiger partial charge is 0.310 e. The maximum atomic E-state index is 14.2. The Morgan fingerprint density at radius 3 is 2.36 bits per heavy atom. The van der Waals surface area contributed by atoms with Crippen LogP contribution in [0.3, 0.4) is 0 Å². The van der Waals surface area contributed by atoms with Gasteiger partial charge in [0.2, 0.25) is 11.8 Å². The van der Waals surface area contributed by atoms with Gasteiger partial charge in [0.15, 0.2) is 0 Å². The Hall–Kier alpha value is -3.03. The number of carbonyl (C=O) groups is 2. The minimum absolute atomic E-state index is 0.178. The zero-order valence-corrected chi connectivity index (χ0v) is 18.5. The van der Waals surface area contributed by atoms with Crippen LogP contribution in [0.2, 0.25) is 0 Å². The number of amides is 1. The summed E-state index contributed by atoms with van der Waals surface area (Å²) in [6.07, 6.45) is 2.28. The largest absolute Gasteiger partial charge is 0.481 e. The van der Waals surface area contributed by atoms with Gasteiger partial charge in [0, 0.05) is 50.3 Å². The first-order valence-corrected chi connectivity index (χ1v) is 11.4. The Labute approximate surface area is 192 Å². The van der Waals surface area contributed by atoms with Crippen molar-refractivity contribution in [1.82, 2.24) is 4.98 Å². The summed E-state index contributed by atoms with van der Waals surface area (Å²) in [4.78, 5) is 33.7. The molecule has 2 aliphatic rings. The predicted octanol–water partition coefficient (Wildman–Crippen LogP) is 4.75. The van der Waals surface area contributed by atoms with Crippen molar-refractivity contribution in [1.29, 1.82) is 0 Å². The van der Waals surface area contributed by atoms with Crippen molar-refractivity contribution < 1.29 is 23.5 Å². The van der Waals surface area contributed by atoms with E-state index in [1.165, 1.54) is 4.90 Å². The fourth-order valence-corrected chi connectivity index (χ4v) is 5.06. The Bertz CT molecular complexity index is 963. The van der Waals surface area contributed by atoms with Gasteiger partial charge in [0.25, 0.3) is 0 Å². The SMILES string of the molecule is O=C(CC1(C(=O)O)CCN(c2ccccn2)CC1)N(c1ccccc1)[C@H]1CCCC(F)(F)C1. The number of nitrogens with zero attached hydrogens (tertiary/aromatic N) is 3. The van der Waals surface area contributed by atoms with Gasteiger partial charge in [-0.15, -0.1) is 0 Å². The van der Waals surface area contributed by atoms with Crippen molar-refractivity contribution in [2.45, 2.75) is 56.9 Å². The van der Waals surface area contributed by atoms with Crippen LogP contribution in [-0.4, -0.2) is 47.0 Å². The molecule has 0 spiro atoms. The summed E-state index contributed by atoms with van der Waals surface area (Å²) in [7, 11) is 0. The van der Waals surface area contributed by atoms with Crippen molar-refractivity contribution in [3.8, 4) is 0 Å². The minimum Gasteiger partial charge on any atom is -0.481 e. The molecule has 2 fully saturated rings. The van der Waals surface area contributed by atoms with Gasteiger partial charge in [-0.3, -0.25) is 9.59 Å². The fraction of sp³-hybridized carbons (Fsp3) is 0.480. The number of para-hydroxylation sites is 1. The third kappa shape index (κ3) is 5.15. The average Bonchev–Trinajstić information content (AvgIpc) is 2.80. The lowest BCUT2D eigenvalue weighted by molar-refractivity contribution is -0.153. The minimum atomic E-state index is -2.82. The van der Waals surface area contributed by atoms with Crippen LogP contribution in [0.25, 0.3) is 0 Å². The van der Waals surface area contributed by atoms with Crippen LogP contribution in [0, 0.1) is 5.41 Å². The molecule has 1 aliphatic carbocycles. The van der Waals surface area contributed by atoms with E-state index in [1.807, 2.05) is 23.1 Å². The number of carboxylic acid groups (broad SMARTS) is 1. The molecule has 0 unspecified atom stereocenters. The first-order chi connectivity index (χ1) is 15.8. The number of hydrogen-bond acceptors (Lipinski definition) is 4. The van der Waals surface area contributed by atoms with E-state index in [4.69, 9.17) is 0 Å². The van der Waals surface area contributed by atoms with E-state index >= 15 is 0 Å². The number of aromatic nitrogens is 1. The van der Waals surface area contributed by atoms with Gasteiger partial charge in [0.05, 0.1) is 5.41 Å². The second-order valence-corrected chi connectivity index (χ2v) is 9.14. The molecule has 6 nitrogen and oxygen atoms in total. The van der Waals surface area contributed by atoms with Gasteiger partial charge in [-0.2, -0.15) is 0 Å².